The van der Waals surface area contributed by atoms with Gasteiger partial charge in [-0.05, 0) is 32.8 Å². The fraction of sp³-hybridized carbons (Fsp3) is 0.632. The highest BCUT2D eigenvalue weighted by Crippen LogP contribution is 2.29. The normalized spacial score (nSPS) is 17.3. The summed E-state index contributed by atoms with van der Waals surface area (Å²) in [5, 5.41) is 3.34. The predicted octanol–water partition coefficient (Wildman–Crippen LogP) is 3.40. The van der Waals surface area contributed by atoms with Crippen molar-refractivity contribution < 1.29 is 8.42 Å². The van der Waals surface area contributed by atoms with Crippen LogP contribution in [0.2, 0.25) is 0 Å². The molecule has 5 nitrogen and oxygen atoms in total. The van der Waals surface area contributed by atoms with Crippen molar-refractivity contribution in [1.29, 1.82) is 0 Å². The molecule has 0 unspecified atom stereocenters. The lowest BCUT2D eigenvalue weighted by Crippen LogP contribution is -2.51. The Morgan fingerprint density at radius 3 is 2.63 bits per heavy atom. The molecule has 1 saturated heterocycles. The van der Waals surface area contributed by atoms with Crippen LogP contribution >= 0.6 is 35.7 Å². The molecule has 1 aromatic carbocycles. The second kappa shape index (κ2) is 11.5. The second-order valence-corrected chi connectivity index (χ2v) is 11.2. The lowest BCUT2D eigenvalue weighted by Gasteiger charge is -2.39. The van der Waals surface area contributed by atoms with Gasteiger partial charge in [-0.2, -0.15) is 11.8 Å². The zero-order valence-electron chi connectivity index (χ0n) is 16.5. The summed E-state index contributed by atoms with van der Waals surface area (Å²) in [6.07, 6.45) is 0.552. The van der Waals surface area contributed by atoms with E-state index in [-0.39, 0.29) is 40.2 Å². The molecule has 2 rings (SSSR count). The number of guanidine groups is 1. The van der Waals surface area contributed by atoms with Crippen molar-refractivity contribution >= 4 is 51.5 Å². The SMILES string of the molecule is CCNC(=NCCCS(=O)(=O)Cc1ccccc1)N1CCSC(C)(C)C1.I. The van der Waals surface area contributed by atoms with Gasteiger partial charge >= 0.3 is 0 Å². The third-order valence-corrected chi connectivity index (χ3v) is 7.15. The molecule has 0 bridgehead atoms. The molecule has 0 radical (unpaired) electrons. The first kappa shape index (κ1) is 24.6. The number of hydrogen-bond donors (Lipinski definition) is 1. The van der Waals surface area contributed by atoms with E-state index in [9.17, 15) is 8.42 Å². The van der Waals surface area contributed by atoms with Gasteiger partial charge in [0.2, 0.25) is 0 Å². The maximum atomic E-state index is 12.3. The number of hydrogen-bond acceptors (Lipinski definition) is 4. The monoisotopic (exact) mass is 525 g/mol. The summed E-state index contributed by atoms with van der Waals surface area (Å²) in [4.78, 5) is 6.96. The number of nitrogens with zero attached hydrogens (tertiary/aromatic N) is 2. The lowest BCUT2D eigenvalue weighted by atomic mass is 10.2. The van der Waals surface area contributed by atoms with E-state index in [0.29, 0.717) is 13.0 Å². The Morgan fingerprint density at radius 2 is 2.00 bits per heavy atom. The van der Waals surface area contributed by atoms with Crippen molar-refractivity contribution in [3.05, 3.63) is 35.9 Å². The van der Waals surface area contributed by atoms with Gasteiger partial charge in [0.15, 0.2) is 15.8 Å². The smallest absolute Gasteiger partial charge is 0.193 e. The quantitative estimate of drug-likeness (QED) is 0.256. The number of nitrogens with one attached hydrogen (secondary N) is 1. The van der Waals surface area contributed by atoms with Crippen molar-refractivity contribution in [2.24, 2.45) is 4.99 Å². The summed E-state index contributed by atoms with van der Waals surface area (Å²) >= 11 is 1.99. The molecule has 8 heteroatoms. The van der Waals surface area contributed by atoms with Crippen LogP contribution in [0.15, 0.2) is 35.3 Å². The molecule has 154 valence electrons. The largest absolute Gasteiger partial charge is 0.357 e. The number of halogens is 1. The molecule has 0 saturated carbocycles. The molecular weight excluding hydrogens is 493 g/mol. The molecule has 1 N–H and O–H groups in total. The third kappa shape index (κ3) is 9.04. The van der Waals surface area contributed by atoms with Gasteiger partial charge in [-0.25, -0.2) is 8.42 Å². The highest BCUT2D eigenvalue weighted by atomic mass is 127. The maximum Gasteiger partial charge on any atom is 0.193 e. The van der Waals surface area contributed by atoms with Crippen molar-refractivity contribution in [1.82, 2.24) is 10.2 Å². The summed E-state index contributed by atoms with van der Waals surface area (Å²) in [6.45, 7) is 9.84. The van der Waals surface area contributed by atoms with Gasteiger partial charge in [0.05, 0.1) is 11.5 Å². The molecule has 0 aliphatic carbocycles. The van der Waals surface area contributed by atoms with Gasteiger partial charge < -0.3 is 10.2 Å². The first-order chi connectivity index (χ1) is 12.3. The Balaban J connectivity index is 0.00000364. The summed E-state index contributed by atoms with van der Waals surface area (Å²) in [5.41, 5.74) is 0.845. The molecule has 1 aliphatic rings. The molecule has 0 spiro atoms. The second-order valence-electron chi connectivity index (χ2n) is 7.20. The van der Waals surface area contributed by atoms with Crippen molar-refractivity contribution in [3.8, 4) is 0 Å². The number of aliphatic imine (C=N–C) groups is 1. The van der Waals surface area contributed by atoms with E-state index in [1.54, 1.807) is 0 Å². The Hall–Kier alpha value is -0.480. The van der Waals surface area contributed by atoms with E-state index in [0.717, 1.165) is 36.9 Å². The number of benzene rings is 1. The Kier molecular flexibility index (Phi) is 10.5. The van der Waals surface area contributed by atoms with Crippen LogP contribution in [-0.4, -0.2) is 61.7 Å². The minimum absolute atomic E-state index is 0. The van der Waals surface area contributed by atoms with Crippen LogP contribution in [0.4, 0.5) is 0 Å². The fourth-order valence-corrected chi connectivity index (χ4v) is 5.52. The van der Waals surface area contributed by atoms with Crippen molar-refractivity contribution in [2.75, 3.05) is 37.7 Å². The highest BCUT2D eigenvalue weighted by Gasteiger charge is 2.28. The predicted molar refractivity (Wildman–Crippen MR) is 128 cm³/mol. The molecule has 1 fully saturated rings. The molecule has 0 amide bonds. The summed E-state index contributed by atoms with van der Waals surface area (Å²) in [6, 6.07) is 9.35. The average molecular weight is 526 g/mol. The van der Waals surface area contributed by atoms with Gasteiger partial charge in [-0.3, -0.25) is 4.99 Å². The van der Waals surface area contributed by atoms with Gasteiger partial charge in [0.25, 0.3) is 0 Å². The first-order valence-corrected chi connectivity index (χ1v) is 12.0. The molecule has 0 aromatic heterocycles. The van der Waals surface area contributed by atoms with Gasteiger partial charge in [-0.1, -0.05) is 30.3 Å². The number of thioether (sulfide) groups is 1. The van der Waals surface area contributed by atoms with E-state index < -0.39 is 9.84 Å². The van der Waals surface area contributed by atoms with E-state index in [1.165, 1.54) is 0 Å². The Morgan fingerprint density at radius 1 is 1.30 bits per heavy atom. The van der Waals surface area contributed by atoms with Gasteiger partial charge in [-0.15, -0.1) is 24.0 Å². The van der Waals surface area contributed by atoms with Crippen molar-refractivity contribution in [3.63, 3.8) is 0 Å². The Bertz CT molecular complexity index is 694. The highest BCUT2D eigenvalue weighted by molar-refractivity contribution is 14.0. The molecule has 1 aliphatic heterocycles. The Labute approximate surface area is 185 Å². The number of rotatable bonds is 7. The molecule has 0 atom stereocenters. The minimum Gasteiger partial charge on any atom is -0.357 e. The third-order valence-electron chi connectivity index (χ3n) is 4.16. The van der Waals surface area contributed by atoms with Crippen LogP contribution in [-0.2, 0) is 15.6 Å². The molecule has 27 heavy (non-hydrogen) atoms. The molecular formula is C19H32IN3O2S2. The summed E-state index contributed by atoms with van der Waals surface area (Å²) in [5.74, 6) is 2.27. The fourth-order valence-electron chi connectivity index (χ4n) is 2.99. The maximum absolute atomic E-state index is 12.3. The molecule has 1 aromatic rings. The van der Waals surface area contributed by atoms with E-state index in [2.05, 4.69) is 36.0 Å². The van der Waals surface area contributed by atoms with Crippen LogP contribution in [0.3, 0.4) is 0 Å². The summed E-state index contributed by atoms with van der Waals surface area (Å²) < 4.78 is 24.8. The lowest BCUT2D eigenvalue weighted by molar-refractivity contribution is 0.376. The topological polar surface area (TPSA) is 61.8 Å². The first-order valence-electron chi connectivity index (χ1n) is 9.23. The van der Waals surface area contributed by atoms with Crippen LogP contribution in [0.25, 0.3) is 0 Å². The minimum atomic E-state index is -3.09. The van der Waals surface area contributed by atoms with E-state index in [4.69, 9.17) is 0 Å². The zero-order valence-corrected chi connectivity index (χ0v) is 20.4. The van der Waals surface area contributed by atoms with E-state index in [1.807, 2.05) is 42.1 Å². The number of sulfone groups is 1. The van der Waals surface area contributed by atoms with Crippen LogP contribution in [0, 0.1) is 0 Å². The summed E-state index contributed by atoms with van der Waals surface area (Å²) in [7, 11) is -3.09. The van der Waals surface area contributed by atoms with Crippen LogP contribution in [0.5, 0.6) is 0 Å². The van der Waals surface area contributed by atoms with Crippen LogP contribution in [0.1, 0.15) is 32.8 Å². The van der Waals surface area contributed by atoms with Crippen LogP contribution < -0.4 is 5.32 Å². The van der Waals surface area contributed by atoms with Gasteiger partial charge in [0.1, 0.15) is 0 Å². The molecule has 1 heterocycles. The van der Waals surface area contributed by atoms with Crippen molar-refractivity contribution in [2.45, 2.75) is 37.7 Å². The average Bonchev–Trinajstić information content (AvgIpc) is 2.57. The van der Waals surface area contributed by atoms with Gasteiger partial charge in [0, 0.05) is 36.7 Å². The standard InChI is InChI=1S/C19H31N3O2S2.HI/c1-4-20-18(22-12-13-25-19(2,3)16-22)21-11-8-14-26(23,24)15-17-9-6-5-7-10-17;/h5-7,9-10H,4,8,11-16H2,1-3H3,(H,20,21);1H. The van der Waals surface area contributed by atoms with E-state index >= 15 is 0 Å². The zero-order chi connectivity index (χ0) is 19.0.